The van der Waals surface area contributed by atoms with E-state index in [1.54, 1.807) is 0 Å². The molecule has 3 rings (SSSR count). The monoisotopic (exact) mass is 356 g/mol. The largest absolute Gasteiger partial charge is 0.452 e. The van der Waals surface area contributed by atoms with Crippen LogP contribution in [0.25, 0.3) is 0 Å². The van der Waals surface area contributed by atoms with Crippen LogP contribution >= 0.6 is 0 Å². The summed E-state index contributed by atoms with van der Waals surface area (Å²) in [4.78, 5) is 26.0. The van der Waals surface area contributed by atoms with Crippen LogP contribution in [0.1, 0.15) is 29.6 Å². The first-order valence-electron chi connectivity index (χ1n) is 8.70. The van der Waals surface area contributed by atoms with E-state index in [2.05, 4.69) is 10.2 Å². The van der Waals surface area contributed by atoms with E-state index in [0.717, 1.165) is 18.8 Å². The van der Waals surface area contributed by atoms with Crippen molar-refractivity contribution in [3.05, 3.63) is 59.9 Å². The van der Waals surface area contributed by atoms with Gasteiger partial charge in [-0.1, -0.05) is 12.1 Å². The molecule has 6 heteroatoms. The van der Waals surface area contributed by atoms with Crippen LogP contribution in [0.4, 0.5) is 15.8 Å². The molecule has 1 saturated heterocycles. The highest BCUT2D eigenvalue weighted by Gasteiger charge is 2.14. The second-order valence-electron chi connectivity index (χ2n) is 6.20. The van der Waals surface area contributed by atoms with Gasteiger partial charge in [-0.25, -0.2) is 9.18 Å². The van der Waals surface area contributed by atoms with Gasteiger partial charge in [0.1, 0.15) is 5.82 Å². The van der Waals surface area contributed by atoms with Crippen LogP contribution in [0.15, 0.2) is 48.5 Å². The highest BCUT2D eigenvalue weighted by atomic mass is 19.1. The summed E-state index contributed by atoms with van der Waals surface area (Å²) in [7, 11) is 0. The third-order valence-corrected chi connectivity index (χ3v) is 4.30. The number of benzene rings is 2. The van der Waals surface area contributed by atoms with Crippen molar-refractivity contribution >= 4 is 23.3 Å². The number of hydrogen-bond acceptors (Lipinski definition) is 4. The zero-order valence-corrected chi connectivity index (χ0v) is 14.4. The molecule has 1 amide bonds. The minimum Gasteiger partial charge on any atom is -0.452 e. The van der Waals surface area contributed by atoms with Crippen molar-refractivity contribution in [2.24, 2.45) is 0 Å². The van der Waals surface area contributed by atoms with E-state index >= 15 is 0 Å². The summed E-state index contributed by atoms with van der Waals surface area (Å²) in [5, 5.41) is 2.67. The molecule has 1 fully saturated rings. The zero-order valence-electron chi connectivity index (χ0n) is 14.4. The molecule has 0 aliphatic carbocycles. The molecule has 1 aliphatic heterocycles. The molecule has 1 heterocycles. The van der Waals surface area contributed by atoms with Gasteiger partial charge in [0.15, 0.2) is 6.61 Å². The fourth-order valence-corrected chi connectivity index (χ4v) is 2.94. The van der Waals surface area contributed by atoms with Crippen molar-refractivity contribution in [2.45, 2.75) is 19.3 Å². The number of piperidine rings is 1. The van der Waals surface area contributed by atoms with Gasteiger partial charge < -0.3 is 15.0 Å². The zero-order chi connectivity index (χ0) is 18.4. The molecule has 0 aromatic heterocycles. The molecule has 1 aliphatic rings. The lowest BCUT2D eigenvalue weighted by atomic mass is 10.1. The van der Waals surface area contributed by atoms with Crippen LogP contribution in [0.5, 0.6) is 0 Å². The molecule has 0 radical (unpaired) electrons. The Morgan fingerprint density at radius 3 is 2.38 bits per heavy atom. The Hall–Kier alpha value is -2.89. The van der Waals surface area contributed by atoms with Crippen LogP contribution in [0.2, 0.25) is 0 Å². The number of esters is 1. The number of hydrogen-bond donors (Lipinski definition) is 1. The lowest BCUT2D eigenvalue weighted by molar-refractivity contribution is -0.119. The Morgan fingerprint density at radius 1 is 1.00 bits per heavy atom. The topological polar surface area (TPSA) is 58.6 Å². The number of carbonyl (C=O) groups excluding carboxylic acids is 2. The van der Waals surface area contributed by atoms with E-state index in [-0.39, 0.29) is 5.56 Å². The van der Waals surface area contributed by atoms with Crippen LogP contribution in [0, 0.1) is 5.82 Å². The predicted octanol–water partition coefficient (Wildman–Crippen LogP) is 3.61. The summed E-state index contributed by atoms with van der Waals surface area (Å²) in [6.45, 7) is 1.64. The van der Waals surface area contributed by atoms with E-state index in [1.165, 1.54) is 43.5 Å². The first-order valence-corrected chi connectivity index (χ1v) is 8.70. The summed E-state index contributed by atoms with van der Waals surface area (Å²) in [6, 6.07) is 13.1. The molecule has 2 aromatic carbocycles. The molecular weight excluding hydrogens is 335 g/mol. The van der Waals surface area contributed by atoms with Gasteiger partial charge in [-0.2, -0.15) is 0 Å². The third kappa shape index (κ3) is 4.59. The normalized spacial score (nSPS) is 14.0. The van der Waals surface area contributed by atoms with Gasteiger partial charge in [0, 0.05) is 24.5 Å². The van der Waals surface area contributed by atoms with Crippen molar-refractivity contribution < 1.29 is 18.7 Å². The minimum atomic E-state index is -0.862. The van der Waals surface area contributed by atoms with Gasteiger partial charge in [0.2, 0.25) is 0 Å². The van der Waals surface area contributed by atoms with Gasteiger partial charge in [0.25, 0.3) is 5.91 Å². The minimum absolute atomic E-state index is 0.189. The fourth-order valence-electron chi connectivity index (χ4n) is 2.94. The van der Waals surface area contributed by atoms with Gasteiger partial charge in [-0.05, 0) is 55.7 Å². The standard InChI is InChI=1S/C20H21FN2O3/c21-18-7-3-2-6-17(18)20(25)26-14-19(24)22-15-8-10-16(11-9-15)23-12-4-1-5-13-23/h2-3,6-11H,1,4-5,12-14H2,(H,22,24). The Morgan fingerprint density at radius 2 is 1.69 bits per heavy atom. The molecule has 0 atom stereocenters. The second-order valence-corrected chi connectivity index (χ2v) is 6.20. The Bertz CT molecular complexity index is 771. The lowest BCUT2D eigenvalue weighted by Crippen LogP contribution is -2.29. The van der Waals surface area contributed by atoms with Crippen LogP contribution in [-0.4, -0.2) is 31.6 Å². The van der Waals surface area contributed by atoms with E-state index < -0.39 is 24.3 Å². The Kier molecular flexibility index (Phi) is 5.84. The molecule has 26 heavy (non-hydrogen) atoms. The third-order valence-electron chi connectivity index (χ3n) is 4.30. The number of halogens is 1. The van der Waals surface area contributed by atoms with Crippen LogP contribution < -0.4 is 10.2 Å². The van der Waals surface area contributed by atoms with Gasteiger partial charge in [-0.15, -0.1) is 0 Å². The molecule has 5 nitrogen and oxygen atoms in total. The number of amides is 1. The quantitative estimate of drug-likeness (QED) is 0.832. The average Bonchev–Trinajstić information content (AvgIpc) is 2.68. The average molecular weight is 356 g/mol. The van der Waals surface area contributed by atoms with Gasteiger partial charge >= 0.3 is 5.97 Å². The van der Waals surface area contributed by atoms with Gasteiger partial charge in [0.05, 0.1) is 5.56 Å². The summed E-state index contributed by atoms with van der Waals surface area (Å²) in [5.41, 5.74) is 1.57. The molecule has 136 valence electrons. The highest BCUT2D eigenvalue weighted by molar-refractivity contribution is 5.95. The van der Waals surface area contributed by atoms with Crippen molar-refractivity contribution in [1.82, 2.24) is 0 Å². The number of carbonyl (C=O) groups is 2. The predicted molar refractivity (Wildman–Crippen MR) is 97.8 cm³/mol. The maximum atomic E-state index is 13.5. The van der Waals surface area contributed by atoms with Crippen molar-refractivity contribution in [3.63, 3.8) is 0 Å². The number of nitrogens with zero attached hydrogens (tertiary/aromatic N) is 1. The number of anilines is 2. The number of ether oxygens (including phenoxy) is 1. The summed E-state index contributed by atoms with van der Waals surface area (Å²) >= 11 is 0. The number of rotatable bonds is 5. The maximum Gasteiger partial charge on any atom is 0.341 e. The van der Waals surface area contributed by atoms with Crippen molar-refractivity contribution in [2.75, 3.05) is 29.9 Å². The molecule has 0 unspecified atom stereocenters. The van der Waals surface area contributed by atoms with Crippen molar-refractivity contribution in [3.8, 4) is 0 Å². The first-order chi connectivity index (χ1) is 12.6. The second kappa shape index (κ2) is 8.47. The molecule has 0 saturated carbocycles. The van der Waals surface area contributed by atoms with E-state index in [1.807, 2.05) is 24.3 Å². The fraction of sp³-hybridized carbons (Fsp3) is 0.300. The summed E-state index contributed by atoms with van der Waals surface area (Å²) < 4.78 is 18.4. The first kappa shape index (κ1) is 17.9. The summed E-state index contributed by atoms with van der Waals surface area (Å²) in [5.74, 6) is -2.01. The van der Waals surface area contributed by atoms with E-state index in [4.69, 9.17) is 4.74 Å². The molecule has 0 spiro atoms. The van der Waals surface area contributed by atoms with Crippen molar-refractivity contribution in [1.29, 1.82) is 0 Å². The van der Waals surface area contributed by atoms with Gasteiger partial charge in [-0.3, -0.25) is 4.79 Å². The van der Waals surface area contributed by atoms with E-state index in [9.17, 15) is 14.0 Å². The Balaban J connectivity index is 1.50. The Labute approximate surface area is 151 Å². The molecule has 1 N–H and O–H groups in total. The SMILES string of the molecule is O=C(COC(=O)c1ccccc1F)Nc1ccc(N2CCCCC2)cc1. The van der Waals surface area contributed by atoms with Crippen LogP contribution in [-0.2, 0) is 9.53 Å². The highest BCUT2D eigenvalue weighted by Crippen LogP contribution is 2.21. The lowest BCUT2D eigenvalue weighted by Gasteiger charge is -2.28. The van der Waals surface area contributed by atoms with E-state index in [0.29, 0.717) is 5.69 Å². The molecule has 2 aromatic rings. The number of nitrogens with one attached hydrogen (secondary N) is 1. The maximum absolute atomic E-state index is 13.5. The summed E-state index contributed by atoms with van der Waals surface area (Å²) in [6.07, 6.45) is 3.67. The molecule has 0 bridgehead atoms. The molecular formula is C20H21FN2O3. The van der Waals surface area contributed by atoms with Crippen LogP contribution in [0.3, 0.4) is 0 Å². The smallest absolute Gasteiger partial charge is 0.341 e.